The number of hydrogen-bond acceptors (Lipinski definition) is 3. The molecule has 0 fully saturated rings. The number of fused-ring (bicyclic) bond motifs is 1. The number of nitrogens with zero attached hydrogens (tertiary/aromatic N) is 1. The van der Waals surface area contributed by atoms with Crippen LogP contribution in [0.1, 0.15) is 10.5 Å². The lowest BCUT2D eigenvalue weighted by Gasteiger charge is -1.99. The van der Waals surface area contributed by atoms with E-state index < -0.39 is 5.97 Å². The molecule has 15 heavy (non-hydrogen) atoms. The normalized spacial score (nSPS) is 10.2. The van der Waals surface area contributed by atoms with Crippen LogP contribution in [0.3, 0.4) is 0 Å². The van der Waals surface area contributed by atoms with Gasteiger partial charge in [-0.3, -0.25) is 0 Å². The van der Waals surface area contributed by atoms with Crippen LogP contribution in [0.4, 0.5) is 0 Å². The predicted molar refractivity (Wildman–Crippen MR) is 55.6 cm³/mol. The van der Waals surface area contributed by atoms with Crippen molar-refractivity contribution in [3.05, 3.63) is 42.2 Å². The average molecular weight is 203 g/mol. The van der Waals surface area contributed by atoms with Crippen molar-refractivity contribution < 1.29 is 14.2 Å². The van der Waals surface area contributed by atoms with Gasteiger partial charge in [-0.2, -0.15) is 0 Å². The Morgan fingerprint density at radius 1 is 1.33 bits per heavy atom. The van der Waals surface area contributed by atoms with Crippen LogP contribution in [0.2, 0.25) is 0 Å². The average Bonchev–Trinajstić information content (AvgIpc) is 2.27. The zero-order valence-electron chi connectivity index (χ0n) is 8.31. The molecule has 1 aromatic carbocycles. The van der Waals surface area contributed by atoms with Crippen LogP contribution < -0.4 is 10.5 Å². The molecule has 0 spiro atoms. The van der Waals surface area contributed by atoms with Gasteiger partial charge in [-0.05, 0) is 11.5 Å². The molecule has 0 bridgehead atoms. The quantitative estimate of drug-likeness (QED) is 0.420. The fourth-order valence-electron chi connectivity index (χ4n) is 1.47. The van der Waals surface area contributed by atoms with Crippen molar-refractivity contribution in [3.63, 3.8) is 0 Å². The third kappa shape index (κ3) is 1.61. The molecular formula is C11H11N2O2+. The van der Waals surface area contributed by atoms with Crippen molar-refractivity contribution in [2.24, 2.45) is 0 Å². The summed E-state index contributed by atoms with van der Waals surface area (Å²) in [6, 6.07) is 9.38. The molecule has 4 nitrogen and oxygen atoms in total. The second-order valence-electron chi connectivity index (χ2n) is 3.19. The smallest absolute Gasteiger partial charge is 0.406 e. The van der Waals surface area contributed by atoms with E-state index in [1.54, 1.807) is 12.3 Å². The van der Waals surface area contributed by atoms with Crippen molar-refractivity contribution in [2.45, 2.75) is 0 Å². The number of rotatable bonds is 1. The van der Waals surface area contributed by atoms with Crippen molar-refractivity contribution in [1.29, 1.82) is 0 Å². The molecule has 0 aliphatic heterocycles. The number of hydrogen-bond donors (Lipinski definition) is 1. The second kappa shape index (κ2) is 3.57. The van der Waals surface area contributed by atoms with Gasteiger partial charge in [-0.25, -0.2) is 10.6 Å². The number of pyridine rings is 1. The number of nitrogen functional groups attached to an aromatic ring is 1. The Kier molecular flexibility index (Phi) is 2.25. The molecule has 0 amide bonds. The van der Waals surface area contributed by atoms with E-state index in [0.717, 1.165) is 10.8 Å². The molecule has 2 rings (SSSR count). The SMILES string of the molecule is COC(=O)c1cc2ccccc2c[n+]1N. The highest BCUT2D eigenvalue weighted by atomic mass is 16.5. The summed E-state index contributed by atoms with van der Waals surface area (Å²) in [5.41, 5.74) is 0.330. The number of nitrogens with two attached hydrogens (primary N) is 1. The number of benzene rings is 1. The molecule has 1 aromatic heterocycles. The highest BCUT2D eigenvalue weighted by molar-refractivity contribution is 5.91. The first-order chi connectivity index (χ1) is 7.22. The lowest BCUT2D eigenvalue weighted by atomic mass is 10.1. The summed E-state index contributed by atoms with van der Waals surface area (Å²) in [6.45, 7) is 0. The number of carbonyl (C=O) groups is 1. The minimum atomic E-state index is -0.441. The van der Waals surface area contributed by atoms with Gasteiger partial charge in [0.05, 0.1) is 7.11 Å². The topological polar surface area (TPSA) is 56.2 Å². The van der Waals surface area contributed by atoms with Crippen molar-refractivity contribution in [3.8, 4) is 0 Å². The Morgan fingerprint density at radius 2 is 2.00 bits per heavy atom. The molecule has 0 atom stereocenters. The van der Waals surface area contributed by atoms with E-state index in [0.29, 0.717) is 5.69 Å². The Bertz CT molecular complexity index is 523. The molecule has 1 heterocycles. The third-order valence-electron chi connectivity index (χ3n) is 2.24. The third-order valence-corrected chi connectivity index (χ3v) is 2.24. The van der Waals surface area contributed by atoms with Crippen LogP contribution in [-0.4, -0.2) is 13.1 Å². The lowest BCUT2D eigenvalue weighted by molar-refractivity contribution is -0.640. The monoisotopic (exact) mass is 203 g/mol. The van der Waals surface area contributed by atoms with Gasteiger partial charge in [-0.1, -0.05) is 22.9 Å². The van der Waals surface area contributed by atoms with Crippen LogP contribution in [0.5, 0.6) is 0 Å². The number of carbonyl (C=O) groups excluding carboxylic acids is 1. The summed E-state index contributed by atoms with van der Waals surface area (Å²) >= 11 is 0. The van der Waals surface area contributed by atoms with E-state index in [9.17, 15) is 4.79 Å². The molecule has 76 valence electrons. The van der Waals surface area contributed by atoms with Crippen LogP contribution >= 0.6 is 0 Å². The van der Waals surface area contributed by atoms with E-state index in [1.165, 1.54) is 11.8 Å². The van der Waals surface area contributed by atoms with Gasteiger partial charge in [0.1, 0.15) is 0 Å². The van der Waals surface area contributed by atoms with E-state index >= 15 is 0 Å². The van der Waals surface area contributed by atoms with Gasteiger partial charge in [0.2, 0.25) is 6.20 Å². The molecule has 0 aliphatic rings. The summed E-state index contributed by atoms with van der Waals surface area (Å²) < 4.78 is 5.90. The Labute approximate surface area is 86.9 Å². The highest BCUT2D eigenvalue weighted by Crippen LogP contribution is 2.12. The first-order valence-electron chi connectivity index (χ1n) is 4.50. The van der Waals surface area contributed by atoms with Crippen molar-refractivity contribution >= 4 is 16.7 Å². The highest BCUT2D eigenvalue weighted by Gasteiger charge is 2.19. The molecule has 0 saturated carbocycles. The molecule has 2 N–H and O–H groups in total. The van der Waals surface area contributed by atoms with Crippen LogP contribution in [0.15, 0.2) is 36.5 Å². The van der Waals surface area contributed by atoms with E-state index in [2.05, 4.69) is 4.74 Å². The summed E-state index contributed by atoms with van der Waals surface area (Å²) in [4.78, 5) is 11.4. The molecule has 0 unspecified atom stereocenters. The van der Waals surface area contributed by atoms with E-state index in [1.807, 2.05) is 24.3 Å². The number of ether oxygens (including phenoxy) is 1. The minimum Gasteiger partial charge on any atom is -0.461 e. The molecule has 0 saturated heterocycles. The summed E-state index contributed by atoms with van der Waals surface area (Å²) in [5, 5.41) is 1.94. The van der Waals surface area contributed by atoms with Gasteiger partial charge in [0, 0.05) is 11.5 Å². The van der Waals surface area contributed by atoms with E-state index in [-0.39, 0.29) is 0 Å². The first-order valence-corrected chi connectivity index (χ1v) is 4.50. The largest absolute Gasteiger partial charge is 0.461 e. The van der Waals surface area contributed by atoms with Crippen LogP contribution in [0.25, 0.3) is 10.8 Å². The van der Waals surface area contributed by atoms with Gasteiger partial charge < -0.3 is 4.74 Å². The Morgan fingerprint density at radius 3 is 2.67 bits per heavy atom. The fourth-order valence-corrected chi connectivity index (χ4v) is 1.47. The Balaban J connectivity index is 2.67. The predicted octanol–water partition coefficient (Wildman–Crippen LogP) is 0.628. The van der Waals surface area contributed by atoms with Crippen molar-refractivity contribution in [1.82, 2.24) is 0 Å². The zero-order valence-corrected chi connectivity index (χ0v) is 8.31. The minimum absolute atomic E-state index is 0.330. The number of methoxy groups -OCH3 is 1. The van der Waals surface area contributed by atoms with Crippen molar-refractivity contribution in [2.75, 3.05) is 13.0 Å². The van der Waals surface area contributed by atoms with Gasteiger partial charge >= 0.3 is 11.7 Å². The van der Waals surface area contributed by atoms with Crippen LogP contribution in [-0.2, 0) is 4.74 Å². The molecule has 4 heteroatoms. The van der Waals surface area contributed by atoms with Crippen LogP contribution in [0, 0.1) is 0 Å². The maximum atomic E-state index is 11.4. The first kappa shape index (κ1) is 9.45. The summed E-state index contributed by atoms with van der Waals surface area (Å²) in [5.74, 6) is 5.24. The fraction of sp³-hybridized carbons (Fsp3) is 0.0909. The molecule has 2 aromatic rings. The van der Waals surface area contributed by atoms with Gasteiger partial charge in [0.25, 0.3) is 0 Å². The van der Waals surface area contributed by atoms with E-state index in [4.69, 9.17) is 5.84 Å². The van der Waals surface area contributed by atoms with Gasteiger partial charge in [0.15, 0.2) is 0 Å². The van der Waals surface area contributed by atoms with Gasteiger partial charge in [-0.15, -0.1) is 0 Å². The summed E-state index contributed by atoms with van der Waals surface area (Å²) in [6.07, 6.45) is 1.70. The number of esters is 1. The number of aromatic nitrogens is 1. The zero-order chi connectivity index (χ0) is 10.8. The maximum Gasteiger partial charge on any atom is 0.406 e. The molecule has 0 radical (unpaired) electrons. The lowest BCUT2D eigenvalue weighted by Crippen LogP contribution is -2.49. The molecule has 0 aliphatic carbocycles. The summed E-state index contributed by atoms with van der Waals surface area (Å²) in [7, 11) is 1.33. The Hall–Kier alpha value is -2.10. The standard InChI is InChI=1S/C11H10N2O2/c1-15-11(14)10-6-8-4-2-3-5-9(8)7-13(10)12/h2-7H,1H3,(H-,12,14)/p+1. The molecular weight excluding hydrogens is 192 g/mol. The second-order valence-corrected chi connectivity index (χ2v) is 3.19. The maximum absolute atomic E-state index is 11.4.